The van der Waals surface area contributed by atoms with Gasteiger partial charge in [0, 0.05) is 48.4 Å². The van der Waals surface area contributed by atoms with Crippen LogP contribution >= 0.6 is 11.3 Å². The van der Waals surface area contributed by atoms with E-state index in [0.717, 1.165) is 0 Å². The Hall–Kier alpha value is -6.36. The highest BCUT2D eigenvalue weighted by atomic mass is 32.1. The number of hydrogen-bond donors (Lipinski definition) is 0. The van der Waals surface area contributed by atoms with Crippen LogP contribution in [0.4, 0.5) is 28.4 Å². The number of benzene rings is 8. The molecule has 0 spiro atoms. The molecule has 11 rings (SSSR count). The SMILES string of the molecule is CC(C)(C)c1ccc(N2B3c4ccc5sc6ccccc6c5c4N(c4ccc(C(C)(C)C)cc4-c4ccccc4)c4cc(-c5ccccc5)cc(c43)-c3ccccc32)cc1. The number of nitrogens with zero attached hydrogens (tertiary/aromatic N) is 2. The minimum Gasteiger partial charge on any atom is -0.376 e. The monoisotopic (exact) mass is 790 g/mol. The Bertz CT molecular complexity index is 3110. The Kier molecular flexibility index (Phi) is 8.31. The summed E-state index contributed by atoms with van der Waals surface area (Å²) in [5, 5.41) is 2.61. The number of para-hydroxylation sites is 1. The number of thiophene rings is 1. The van der Waals surface area contributed by atoms with Crippen LogP contribution in [0.25, 0.3) is 53.6 Å². The van der Waals surface area contributed by atoms with E-state index in [4.69, 9.17) is 0 Å². The third kappa shape index (κ3) is 5.76. The Balaban J connectivity index is 1.31. The number of hydrogen-bond acceptors (Lipinski definition) is 3. The van der Waals surface area contributed by atoms with Crippen LogP contribution < -0.4 is 20.6 Å². The summed E-state index contributed by atoms with van der Waals surface area (Å²) >= 11 is 1.89. The lowest BCUT2D eigenvalue weighted by molar-refractivity contribution is 0.590. The molecule has 0 saturated heterocycles. The normalized spacial score (nSPS) is 13.4. The maximum absolute atomic E-state index is 2.65. The average molecular weight is 791 g/mol. The summed E-state index contributed by atoms with van der Waals surface area (Å²) in [5.74, 6) is 0. The van der Waals surface area contributed by atoms with Gasteiger partial charge >= 0.3 is 6.85 Å². The van der Waals surface area contributed by atoms with Gasteiger partial charge in [-0.3, -0.25) is 0 Å². The molecule has 2 nitrogen and oxygen atoms in total. The van der Waals surface area contributed by atoms with E-state index in [-0.39, 0.29) is 17.7 Å². The smallest absolute Gasteiger partial charge is 0.333 e. The van der Waals surface area contributed by atoms with E-state index in [1.54, 1.807) is 0 Å². The third-order valence-electron chi connectivity index (χ3n) is 12.8. The first-order chi connectivity index (χ1) is 29.0. The van der Waals surface area contributed by atoms with Gasteiger partial charge in [0.15, 0.2) is 0 Å². The molecule has 0 bridgehead atoms. The zero-order valence-electron chi connectivity index (χ0n) is 35.1. The van der Waals surface area contributed by atoms with Gasteiger partial charge in [-0.05, 0) is 110 Å². The zero-order valence-corrected chi connectivity index (χ0v) is 35.9. The summed E-state index contributed by atoms with van der Waals surface area (Å²) in [6, 6.07) is 66.4. The molecular weight excluding hydrogens is 744 g/mol. The van der Waals surface area contributed by atoms with Crippen molar-refractivity contribution in [1.82, 2.24) is 0 Å². The van der Waals surface area contributed by atoms with Crippen molar-refractivity contribution in [1.29, 1.82) is 0 Å². The van der Waals surface area contributed by atoms with E-state index < -0.39 is 0 Å². The van der Waals surface area contributed by atoms with Crippen LogP contribution in [0.1, 0.15) is 52.7 Å². The molecule has 0 saturated carbocycles. The van der Waals surface area contributed by atoms with Gasteiger partial charge in [-0.15, -0.1) is 11.3 Å². The molecule has 2 aliphatic rings. The van der Waals surface area contributed by atoms with E-state index in [2.05, 4.69) is 227 Å². The highest BCUT2D eigenvalue weighted by Crippen LogP contribution is 2.53. The van der Waals surface area contributed by atoms with Crippen molar-refractivity contribution in [2.45, 2.75) is 52.4 Å². The van der Waals surface area contributed by atoms with Crippen molar-refractivity contribution in [2.75, 3.05) is 9.71 Å². The molecule has 60 heavy (non-hydrogen) atoms. The largest absolute Gasteiger partial charge is 0.376 e. The molecule has 0 N–H and O–H groups in total. The molecule has 0 fully saturated rings. The molecular formula is C56H47BN2S. The van der Waals surface area contributed by atoms with Gasteiger partial charge in [-0.25, -0.2) is 0 Å². The number of fused-ring (bicyclic) bond motifs is 8. The Labute approximate surface area is 358 Å². The van der Waals surface area contributed by atoms with Crippen molar-refractivity contribution in [3.05, 3.63) is 187 Å². The molecule has 3 heterocycles. The second-order valence-electron chi connectivity index (χ2n) is 18.6. The van der Waals surface area contributed by atoms with Crippen molar-refractivity contribution in [3.63, 3.8) is 0 Å². The fraction of sp³-hybridized carbons (Fsp3) is 0.143. The predicted molar refractivity (Wildman–Crippen MR) is 261 cm³/mol. The summed E-state index contributed by atoms with van der Waals surface area (Å²) in [6.45, 7) is 13.8. The van der Waals surface area contributed by atoms with Crippen LogP contribution in [-0.2, 0) is 10.8 Å². The first-order valence-corrected chi connectivity index (χ1v) is 22.0. The van der Waals surface area contributed by atoms with Crippen molar-refractivity contribution in [3.8, 4) is 33.4 Å². The van der Waals surface area contributed by atoms with Gasteiger partial charge in [-0.1, -0.05) is 163 Å². The van der Waals surface area contributed by atoms with E-state index in [0.29, 0.717) is 0 Å². The second-order valence-corrected chi connectivity index (χ2v) is 19.7. The second kappa shape index (κ2) is 13.6. The number of anilines is 5. The van der Waals surface area contributed by atoms with Gasteiger partial charge in [-0.2, -0.15) is 0 Å². The Morgan fingerprint density at radius 1 is 0.450 bits per heavy atom. The third-order valence-corrected chi connectivity index (χ3v) is 13.9. The van der Waals surface area contributed by atoms with E-state index >= 15 is 0 Å². The van der Waals surface area contributed by atoms with Crippen LogP contribution in [0.5, 0.6) is 0 Å². The van der Waals surface area contributed by atoms with Crippen molar-refractivity contribution in [2.24, 2.45) is 0 Å². The molecule has 9 aromatic rings. The van der Waals surface area contributed by atoms with Gasteiger partial charge in [0.1, 0.15) is 0 Å². The standard InChI is InChI=1S/C56H47BN2S/c1-55(2,3)39-25-28-41(29-26-39)59-48-23-15-13-21-42(48)45-33-38(36-17-9-7-10-18-36)34-49-53(45)57(59)46-30-32-51-52(43-22-14-16-24-50(43)60-51)54(46)58(49)47-31-27-40(56(4,5)6)35-44(47)37-19-11-8-12-20-37/h7-35H,1-6H3. The molecule has 2 aliphatic heterocycles. The highest BCUT2D eigenvalue weighted by molar-refractivity contribution is 7.26. The van der Waals surface area contributed by atoms with E-state index in [1.807, 2.05) is 11.3 Å². The highest BCUT2D eigenvalue weighted by Gasteiger charge is 2.46. The van der Waals surface area contributed by atoms with E-state index in [1.165, 1.54) is 104 Å². The molecule has 0 radical (unpaired) electrons. The first-order valence-electron chi connectivity index (χ1n) is 21.2. The Morgan fingerprint density at radius 3 is 1.83 bits per heavy atom. The Morgan fingerprint density at radius 2 is 1.10 bits per heavy atom. The predicted octanol–water partition coefficient (Wildman–Crippen LogP) is 14.7. The minimum absolute atomic E-state index is 0.0249. The van der Waals surface area contributed by atoms with Crippen molar-refractivity contribution < 1.29 is 0 Å². The van der Waals surface area contributed by atoms with Crippen LogP contribution in [0.15, 0.2) is 176 Å². The van der Waals surface area contributed by atoms with Crippen LogP contribution in [-0.4, -0.2) is 6.85 Å². The summed E-state index contributed by atoms with van der Waals surface area (Å²) < 4.78 is 2.60. The molecule has 8 aromatic carbocycles. The fourth-order valence-corrected chi connectivity index (χ4v) is 10.8. The lowest BCUT2D eigenvalue weighted by atomic mass is 9.43. The first kappa shape index (κ1) is 36.7. The maximum atomic E-state index is 2.65. The quantitative estimate of drug-likeness (QED) is 0.164. The van der Waals surface area contributed by atoms with Gasteiger partial charge in [0.05, 0.1) is 11.4 Å². The molecule has 1 aromatic heterocycles. The maximum Gasteiger partial charge on any atom is 0.333 e. The lowest BCUT2D eigenvalue weighted by Gasteiger charge is -2.46. The molecule has 0 aliphatic carbocycles. The number of rotatable bonds is 4. The summed E-state index contributed by atoms with van der Waals surface area (Å²) in [4.78, 5) is 5.29. The molecule has 0 atom stereocenters. The van der Waals surface area contributed by atoms with E-state index in [9.17, 15) is 0 Å². The van der Waals surface area contributed by atoms with Crippen LogP contribution in [0.2, 0.25) is 0 Å². The van der Waals surface area contributed by atoms with Crippen LogP contribution in [0.3, 0.4) is 0 Å². The van der Waals surface area contributed by atoms with Crippen LogP contribution in [0, 0.1) is 0 Å². The molecule has 0 unspecified atom stereocenters. The topological polar surface area (TPSA) is 6.48 Å². The average Bonchev–Trinajstić information content (AvgIpc) is 3.65. The van der Waals surface area contributed by atoms with Gasteiger partial charge in [0.2, 0.25) is 0 Å². The lowest BCUT2D eigenvalue weighted by Crippen LogP contribution is -2.61. The summed E-state index contributed by atoms with van der Waals surface area (Å²) in [6.07, 6.45) is 0. The fourth-order valence-electron chi connectivity index (χ4n) is 9.71. The molecule has 0 amide bonds. The zero-order chi connectivity index (χ0) is 40.9. The van der Waals surface area contributed by atoms with Crippen molar-refractivity contribution >= 4 is 77.7 Å². The summed E-state index contributed by atoms with van der Waals surface area (Å²) in [7, 11) is 0. The minimum atomic E-state index is -0.0847. The van der Waals surface area contributed by atoms with Gasteiger partial charge < -0.3 is 9.71 Å². The molecule has 290 valence electrons. The van der Waals surface area contributed by atoms with Gasteiger partial charge in [0.25, 0.3) is 0 Å². The summed E-state index contributed by atoms with van der Waals surface area (Å²) in [5.41, 5.74) is 18.8. The molecule has 4 heteroatoms.